The number of rotatable bonds is 3. The van der Waals surface area contributed by atoms with Crippen LogP contribution in [0.25, 0.3) is 11.0 Å². The third-order valence-electron chi connectivity index (χ3n) is 10.6. The van der Waals surface area contributed by atoms with E-state index in [4.69, 9.17) is 4.98 Å². The van der Waals surface area contributed by atoms with E-state index in [1.54, 1.807) is 0 Å². The lowest BCUT2D eigenvalue weighted by molar-refractivity contribution is -0.0642. The van der Waals surface area contributed by atoms with Crippen LogP contribution >= 0.6 is 0 Å². The summed E-state index contributed by atoms with van der Waals surface area (Å²) in [6.45, 7) is 3.70. The fourth-order valence-corrected chi connectivity index (χ4v) is 9.13. The first-order chi connectivity index (χ1) is 16.7. The summed E-state index contributed by atoms with van der Waals surface area (Å²) in [7, 11) is 0. The summed E-state index contributed by atoms with van der Waals surface area (Å²) in [6.07, 6.45) is 18.5. The zero-order valence-corrected chi connectivity index (χ0v) is 21.2. The van der Waals surface area contributed by atoms with Gasteiger partial charge in [-0.05, 0) is 94.2 Å². The SMILES string of the molecule is CC1CCC2CC(n3c(C4CCCN4)nc4ccccc43)CC1N2C1CC2CCCCC(C2)C1. The van der Waals surface area contributed by atoms with Crippen molar-refractivity contribution in [2.45, 2.75) is 121 Å². The molecule has 5 fully saturated rings. The molecule has 184 valence electrons. The number of hydrogen-bond acceptors (Lipinski definition) is 3. The molecule has 4 bridgehead atoms. The van der Waals surface area contributed by atoms with Crippen LogP contribution in [-0.4, -0.2) is 39.1 Å². The van der Waals surface area contributed by atoms with E-state index in [2.05, 4.69) is 46.0 Å². The van der Waals surface area contributed by atoms with Gasteiger partial charge < -0.3 is 9.88 Å². The van der Waals surface area contributed by atoms with Crippen molar-refractivity contribution in [2.75, 3.05) is 6.54 Å². The van der Waals surface area contributed by atoms with Gasteiger partial charge in [-0.25, -0.2) is 4.98 Å². The van der Waals surface area contributed by atoms with Crippen molar-refractivity contribution in [3.05, 3.63) is 30.1 Å². The van der Waals surface area contributed by atoms with E-state index in [1.807, 2.05) is 0 Å². The number of hydrogen-bond donors (Lipinski definition) is 1. The van der Waals surface area contributed by atoms with E-state index in [1.165, 1.54) is 100 Å². The normalized spacial score (nSPS) is 41.0. The van der Waals surface area contributed by atoms with Gasteiger partial charge in [0.05, 0.1) is 17.1 Å². The summed E-state index contributed by atoms with van der Waals surface area (Å²) in [6, 6.07) is 12.4. The molecule has 0 spiro atoms. The van der Waals surface area contributed by atoms with Gasteiger partial charge in [0, 0.05) is 24.2 Å². The topological polar surface area (TPSA) is 33.1 Å². The molecule has 1 aromatic carbocycles. The van der Waals surface area contributed by atoms with Crippen LogP contribution in [0, 0.1) is 17.8 Å². The molecule has 2 aliphatic carbocycles. The number of imidazole rings is 1. The standard InChI is InChI=1S/C30H44N4/c1-20-12-13-23-18-25(19-29(20)33(23)24-16-21-7-2-3-8-22(15-21)17-24)34-28-11-5-4-9-26(28)32-30(34)27-10-6-14-31-27/h4-5,9,11,20-25,27,29,31H,2-3,6-8,10,12-19H2,1H3. The fraction of sp³-hybridized carbons (Fsp3) is 0.767. The lowest BCUT2D eigenvalue weighted by Gasteiger charge is -2.56. The Bertz CT molecular complexity index is 992. The van der Waals surface area contributed by atoms with Gasteiger partial charge >= 0.3 is 0 Å². The van der Waals surface area contributed by atoms with Crippen molar-refractivity contribution in [1.29, 1.82) is 0 Å². The molecule has 4 nitrogen and oxygen atoms in total. The fourth-order valence-electron chi connectivity index (χ4n) is 9.13. The molecule has 7 rings (SSSR count). The van der Waals surface area contributed by atoms with Gasteiger partial charge in [-0.1, -0.05) is 44.7 Å². The highest BCUT2D eigenvalue weighted by Gasteiger charge is 2.47. The number of para-hydroxylation sites is 2. The Labute approximate surface area is 205 Å². The summed E-state index contributed by atoms with van der Waals surface area (Å²) in [5.74, 6) is 4.17. The highest BCUT2D eigenvalue weighted by Crippen LogP contribution is 2.49. The Morgan fingerprint density at radius 1 is 0.794 bits per heavy atom. The van der Waals surface area contributed by atoms with Crippen molar-refractivity contribution >= 4 is 11.0 Å². The molecule has 4 heteroatoms. The van der Waals surface area contributed by atoms with E-state index in [0.717, 1.165) is 42.4 Å². The van der Waals surface area contributed by atoms with Crippen molar-refractivity contribution in [3.8, 4) is 0 Å². The first-order valence-electron chi connectivity index (χ1n) is 14.7. The molecule has 34 heavy (non-hydrogen) atoms. The van der Waals surface area contributed by atoms with E-state index in [0.29, 0.717) is 12.1 Å². The number of benzene rings is 1. The molecule has 1 aromatic heterocycles. The van der Waals surface area contributed by atoms with E-state index in [-0.39, 0.29) is 0 Å². The first-order valence-corrected chi connectivity index (χ1v) is 14.7. The first kappa shape index (κ1) is 21.9. The monoisotopic (exact) mass is 460 g/mol. The molecular weight excluding hydrogens is 416 g/mol. The Kier molecular flexibility index (Phi) is 5.74. The van der Waals surface area contributed by atoms with Crippen LogP contribution in [0.15, 0.2) is 24.3 Å². The van der Waals surface area contributed by atoms with Crippen molar-refractivity contribution in [2.24, 2.45) is 17.8 Å². The van der Waals surface area contributed by atoms with Gasteiger partial charge in [-0.2, -0.15) is 0 Å². The molecule has 0 amide bonds. The van der Waals surface area contributed by atoms with Crippen molar-refractivity contribution in [1.82, 2.24) is 19.8 Å². The quantitative estimate of drug-likeness (QED) is 0.558. The predicted octanol–water partition coefficient (Wildman–Crippen LogP) is 6.62. The highest BCUT2D eigenvalue weighted by molar-refractivity contribution is 5.76. The lowest BCUT2D eigenvalue weighted by Crippen LogP contribution is -2.60. The third kappa shape index (κ3) is 3.75. The number of piperidine rings is 2. The van der Waals surface area contributed by atoms with Crippen LogP contribution in [0.2, 0.25) is 0 Å². The zero-order valence-electron chi connectivity index (χ0n) is 21.2. The van der Waals surface area contributed by atoms with Crippen LogP contribution in [0.3, 0.4) is 0 Å². The summed E-state index contributed by atoms with van der Waals surface area (Å²) in [5, 5.41) is 3.77. The lowest BCUT2D eigenvalue weighted by atomic mass is 9.71. The molecule has 3 aliphatic heterocycles. The van der Waals surface area contributed by atoms with E-state index >= 15 is 0 Å². The maximum Gasteiger partial charge on any atom is 0.127 e. The Morgan fingerprint density at radius 2 is 1.62 bits per heavy atom. The van der Waals surface area contributed by atoms with Crippen LogP contribution in [-0.2, 0) is 0 Å². The summed E-state index contributed by atoms with van der Waals surface area (Å²) >= 11 is 0. The zero-order chi connectivity index (χ0) is 22.6. The highest BCUT2D eigenvalue weighted by atomic mass is 15.3. The summed E-state index contributed by atoms with van der Waals surface area (Å²) in [5.41, 5.74) is 2.57. The maximum atomic E-state index is 5.23. The average molecular weight is 461 g/mol. The maximum absolute atomic E-state index is 5.23. The molecule has 4 heterocycles. The molecule has 5 aliphatic rings. The van der Waals surface area contributed by atoms with Crippen molar-refractivity contribution in [3.63, 3.8) is 0 Å². The molecule has 3 saturated heterocycles. The number of aromatic nitrogens is 2. The number of nitrogens with one attached hydrogen (secondary N) is 1. The van der Waals surface area contributed by atoms with Crippen LogP contribution in [0.4, 0.5) is 0 Å². The Hall–Kier alpha value is -1.39. The molecule has 7 unspecified atom stereocenters. The number of nitrogens with zero attached hydrogens (tertiary/aromatic N) is 3. The molecule has 1 N–H and O–H groups in total. The molecule has 7 atom stereocenters. The Balaban J connectivity index is 1.21. The van der Waals surface area contributed by atoms with Crippen LogP contribution < -0.4 is 5.32 Å². The molecule has 2 aromatic rings. The van der Waals surface area contributed by atoms with Gasteiger partial charge in [0.1, 0.15) is 5.82 Å². The second-order valence-electron chi connectivity index (χ2n) is 12.7. The second-order valence-corrected chi connectivity index (χ2v) is 12.7. The minimum atomic E-state index is 0.434. The van der Waals surface area contributed by atoms with Gasteiger partial charge in [0.2, 0.25) is 0 Å². The average Bonchev–Trinajstić information content (AvgIpc) is 3.48. The predicted molar refractivity (Wildman–Crippen MR) is 139 cm³/mol. The number of fused-ring (bicyclic) bond motifs is 5. The molecule has 2 saturated carbocycles. The Morgan fingerprint density at radius 3 is 2.41 bits per heavy atom. The van der Waals surface area contributed by atoms with E-state index < -0.39 is 0 Å². The third-order valence-corrected chi connectivity index (χ3v) is 10.6. The minimum absolute atomic E-state index is 0.434. The van der Waals surface area contributed by atoms with Gasteiger partial charge in [0.15, 0.2) is 0 Å². The molecule has 0 radical (unpaired) electrons. The van der Waals surface area contributed by atoms with Gasteiger partial charge in [-0.15, -0.1) is 0 Å². The van der Waals surface area contributed by atoms with Gasteiger partial charge in [-0.3, -0.25) is 4.90 Å². The van der Waals surface area contributed by atoms with Crippen molar-refractivity contribution < 1.29 is 0 Å². The van der Waals surface area contributed by atoms with Gasteiger partial charge in [0.25, 0.3) is 0 Å². The second kappa shape index (κ2) is 8.92. The smallest absolute Gasteiger partial charge is 0.127 e. The molecular formula is C30H44N4. The largest absolute Gasteiger partial charge is 0.323 e. The summed E-state index contributed by atoms with van der Waals surface area (Å²) in [4.78, 5) is 8.35. The van der Waals surface area contributed by atoms with Crippen LogP contribution in [0.5, 0.6) is 0 Å². The van der Waals surface area contributed by atoms with Crippen LogP contribution in [0.1, 0.15) is 108 Å². The van der Waals surface area contributed by atoms with E-state index in [9.17, 15) is 0 Å². The summed E-state index contributed by atoms with van der Waals surface area (Å²) < 4.78 is 2.72. The minimum Gasteiger partial charge on any atom is -0.323 e.